The summed E-state index contributed by atoms with van der Waals surface area (Å²) < 4.78 is 28.0. The lowest BCUT2D eigenvalue weighted by Crippen LogP contribution is -2.37. The maximum Gasteiger partial charge on any atom is 0.380 e. The van der Waals surface area contributed by atoms with Crippen LogP contribution in [-0.2, 0) is 18.6 Å². The molecule has 0 aromatic carbocycles. The van der Waals surface area contributed by atoms with E-state index in [1.54, 1.807) is 25.1 Å². The maximum absolute atomic E-state index is 12.2. The van der Waals surface area contributed by atoms with Gasteiger partial charge in [-0.1, -0.05) is 0 Å². The van der Waals surface area contributed by atoms with Crippen LogP contribution in [0.25, 0.3) is 0 Å². The van der Waals surface area contributed by atoms with Gasteiger partial charge in [0, 0.05) is 27.4 Å². The smallest absolute Gasteiger partial charge is 0.380 e. The van der Waals surface area contributed by atoms with Gasteiger partial charge in [0.25, 0.3) is 0 Å². The highest BCUT2D eigenvalue weighted by Gasteiger charge is 2.46. The van der Waals surface area contributed by atoms with Crippen molar-refractivity contribution in [3.05, 3.63) is 22.7 Å². The second-order valence-corrected chi connectivity index (χ2v) is 9.61. The predicted molar refractivity (Wildman–Crippen MR) is 88.8 cm³/mol. The molecule has 24 heavy (non-hydrogen) atoms. The molecule has 2 heterocycles. The van der Waals surface area contributed by atoms with Crippen molar-refractivity contribution in [3.63, 3.8) is 0 Å². The Morgan fingerprint density at radius 2 is 2.17 bits per heavy atom. The summed E-state index contributed by atoms with van der Waals surface area (Å²) in [5, 5.41) is 10.3. The van der Waals surface area contributed by atoms with Crippen LogP contribution in [0.3, 0.4) is 0 Å². The average molecular weight is 402 g/mol. The lowest BCUT2D eigenvalue weighted by molar-refractivity contribution is -0.0597. The highest BCUT2D eigenvalue weighted by molar-refractivity contribution is 8.05. The zero-order valence-electron chi connectivity index (χ0n) is 13.2. The fourth-order valence-electron chi connectivity index (χ4n) is 2.34. The van der Waals surface area contributed by atoms with Gasteiger partial charge >= 0.3 is 11.8 Å². The minimum absolute atomic E-state index is 0.320. The zero-order chi connectivity index (χ0) is 18.1. The van der Waals surface area contributed by atoms with Crippen molar-refractivity contribution >= 4 is 34.4 Å². The fraction of sp³-hybridized carbons (Fsp3) is 0.667. The molecule has 0 aliphatic carbocycles. The Labute approximate surface area is 148 Å². The molecule has 1 fully saturated rings. The van der Waals surface area contributed by atoms with Crippen molar-refractivity contribution in [1.29, 1.82) is 0 Å². The highest BCUT2D eigenvalue weighted by atomic mass is 35.9. The monoisotopic (exact) mass is 401 g/mol. The van der Waals surface area contributed by atoms with Crippen LogP contribution in [-0.4, -0.2) is 60.8 Å². The Morgan fingerprint density at radius 3 is 2.67 bits per heavy atom. The molecular weight excluding hydrogens is 384 g/mol. The van der Waals surface area contributed by atoms with Gasteiger partial charge < -0.3 is 24.0 Å². The van der Waals surface area contributed by atoms with E-state index in [1.165, 1.54) is 17.9 Å². The fourth-order valence-corrected chi connectivity index (χ4v) is 3.00. The Balaban J connectivity index is 2.23. The van der Waals surface area contributed by atoms with E-state index in [2.05, 4.69) is 4.98 Å². The standard InChI is InChI=1S/C12H18Cl2N3O6P/c1-16(2)8-4-5-17(12(19)15-8)11-10(21-3)9(18)7(23-11)6-22-24(13,14)20/h4-5,7,9-11,18H,6H2,1-3H3/t7-,9?,10+,11-/m1/s1. The van der Waals surface area contributed by atoms with Gasteiger partial charge in [-0.2, -0.15) is 4.98 Å². The van der Waals surface area contributed by atoms with E-state index in [-0.39, 0.29) is 6.61 Å². The number of hydrogen-bond donors (Lipinski definition) is 1. The maximum atomic E-state index is 12.2. The molecule has 0 radical (unpaired) electrons. The number of aliphatic hydroxyl groups excluding tert-OH is 1. The molecule has 1 aliphatic rings. The third kappa shape index (κ3) is 4.49. The van der Waals surface area contributed by atoms with Crippen LogP contribution in [0.1, 0.15) is 6.23 Å². The van der Waals surface area contributed by atoms with Gasteiger partial charge in [-0.25, -0.2) is 4.79 Å². The molecule has 9 nitrogen and oxygen atoms in total. The lowest BCUT2D eigenvalue weighted by Gasteiger charge is -2.21. The third-order valence-corrected chi connectivity index (χ3v) is 4.56. The van der Waals surface area contributed by atoms with Gasteiger partial charge in [-0.15, -0.1) is 0 Å². The first-order valence-corrected chi connectivity index (χ1v) is 10.3. The molecule has 0 saturated carbocycles. The summed E-state index contributed by atoms with van der Waals surface area (Å²) in [6, 6.07) is 1.62. The number of halogens is 2. The van der Waals surface area contributed by atoms with Gasteiger partial charge in [0.1, 0.15) is 24.1 Å². The van der Waals surface area contributed by atoms with Crippen LogP contribution < -0.4 is 10.6 Å². The molecule has 4 atom stereocenters. The normalized spacial score (nSPS) is 27.4. The van der Waals surface area contributed by atoms with E-state index in [0.717, 1.165) is 0 Å². The first kappa shape index (κ1) is 19.7. The summed E-state index contributed by atoms with van der Waals surface area (Å²) >= 11 is 10.6. The van der Waals surface area contributed by atoms with E-state index in [9.17, 15) is 14.5 Å². The Bertz CT molecular complexity index is 681. The molecule has 1 unspecified atom stereocenters. The molecule has 0 amide bonds. The van der Waals surface area contributed by atoms with Crippen molar-refractivity contribution in [2.75, 3.05) is 32.7 Å². The number of rotatable bonds is 6. The number of aromatic nitrogens is 2. The van der Waals surface area contributed by atoms with Gasteiger partial charge in [0.05, 0.1) is 6.61 Å². The summed E-state index contributed by atoms with van der Waals surface area (Å²) in [6.07, 6.45) is -6.12. The van der Waals surface area contributed by atoms with Crippen LogP contribution in [0.5, 0.6) is 0 Å². The number of nitrogens with zero attached hydrogens (tertiary/aromatic N) is 3. The number of hydrogen-bond acceptors (Lipinski definition) is 8. The summed E-state index contributed by atoms with van der Waals surface area (Å²) in [6.45, 7) is -0.320. The van der Waals surface area contributed by atoms with Crippen LogP contribution in [0, 0.1) is 0 Å². The van der Waals surface area contributed by atoms with Crippen LogP contribution in [0.4, 0.5) is 5.82 Å². The molecule has 1 aromatic rings. The number of ether oxygens (including phenoxy) is 2. The minimum atomic E-state index is -3.77. The molecule has 0 spiro atoms. The topological polar surface area (TPSA) is 103 Å². The summed E-state index contributed by atoms with van der Waals surface area (Å²) in [5.74, 6) is 0.480. The van der Waals surface area contributed by atoms with E-state index in [1.807, 2.05) is 0 Å². The second kappa shape index (κ2) is 7.70. The first-order chi connectivity index (χ1) is 11.1. The van der Waals surface area contributed by atoms with Gasteiger partial charge in [-0.3, -0.25) is 9.13 Å². The molecular formula is C12H18Cl2N3O6P. The van der Waals surface area contributed by atoms with Gasteiger partial charge in [-0.05, 0) is 28.5 Å². The zero-order valence-corrected chi connectivity index (χ0v) is 15.6. The van der Waals surface area contributed by atoms with Crippen LogP contribution >= 0.6 is 28.6 Å². The third-order valence-electron chi connectivity index (χ3n) is 3.52. The van der Waals surface area contributed by atoms with Crippen molar-refractivity contribution < 1.29 is 23.7 Å². The van der Waals surface area contributed by atoms with E-state index in [4.69, 9.17) is 36.5 Å². The summed E-state index contributed by atoms with van der Waals surface area (Å²) in [4.78, 5) is 17.8. The molecule has 1 saturated heterocycles. The molecule has 136 valence electrons. The van der Waals surface area contributed by atoms with E-state index < -0.39 is 36.3 Å². The van der Waals surface area contributed by atoms with Gasteiger partial charge in [0.2, 0.25) is 0 Å². The quantitative estimate of drug-likeness (QED) is 0.708. The Morgan fingerprint density at radius 1 is 1.50 bits per heavy atom. The predicted octanol–water partition coefficient (Wildman–Crippen LogP) is 1.18. The van der Waals surface area contributed by atoms with E-state index in [0.29, 0.717) is 5.82 Å². The first-order valence-electron chi connectivity index (χ1n) is 6.91. The number of anilines is 1. The number of aliphatic hydroxyl groups is 1. The SMILES string of the molecule is CO[C@H]1C(O)[C@@H](COP(=O)(Cl)Cl)O[C@H]1n1ccc(N(C)C)nc1=O. The number of methoxy groups -OCH3 is 1. The second-order valence-electron chi connectivity index (χ2n) is 5.34. The minimum Gasteiger partial charge on any atom is -0.387 e. The largest absolute Gasteiger partial charge is 0.387 e. The molecule has 1 aliphatic heterocycles. The summed E-state index contributed by atoms with van der Waals surface area (Å²) in [7, 11) is 4.88. The van der Waals surface area contributed by atoms with E-state index >= 15 is 0 Å². The molecule has 0 bridgehead atoms. The van der Waals surface area contributed by atoms with Crippen molar-refractivity contribution in [2.45, 2.75) is 24.5 Å². The van der Waals surface area contributed by atoms with Crippen molar-refractivity contribution in [2.24, 2.45) is 0 Å². The van der Waals surface area contributed by atoms with Crippen molar-refractivity contribution in [3.8, 4) is 0 Å². The lowest BCUT2D eigenvalue weighted by atomic mass is 10.1. The summed E-state index contributed by atoms with van der Waals surface area (Å²) in [5.41, 5.74) is -0.567. The molecule has 1 N–H and O–H groups in total. The molecule has 2 rings (SSSR count). The highest BCUT2D eigenvalue weighted by Crippen LogP contribution is 2.57. The molecule has 12 heteroatoms. The van der Waals surface area contributed by atoms with Crippen LogP contribution in [0.2, 0.25) is 0 Å². The Hall–Kier alpha value is -0.670. The average Bonchev–Trinajstić information content (AvgIpc) is 2.80. The van der Waals surface area contributed by atoms with Gasteiger partial charge in [0.15, 0.2) is 6.23 Å². The molecule has 1 aromatic heterocycles. The Kier molecular flexibility index (Phi) is 6.30. The van der Waals surface area contributed by atoms with Crippen molar-refractivity contribution in [1.82, 2.24) is 9.55 Å². The van der Waals surface area contributed by atoms with Crippen LogP contribution in [0.15, 0.2) is 17.1 Å².